The molecule has 0 aliphatic carbocycles. The lowest BCUT2D eigenvalue weighted by Gasteiger charge is -2.01. The Hall–Kier alpha value is -1.86. The summed E-state index contributed by atoms with van der Waals surface area (Å²) >= 11 is 0. The molecule has 15 heavy (non-hydrogen) atoms. The van der Waals surface area contributed by atoms with E-state index in [0.29, 0.717) is 12.1 Å². The summed E-state index contributed by atoms with van der Waals surface area (Å²) in [5.74, 6) is 0. The summed E-state index contributed by atoms with van der Waals surface area (Å²) in [5, 5.41) is 8.90. The first-order valence-corrected chi connectivity index (χ1v) is 4.91. The zero-order valence-corrected chi connectivity index (χ0v) is 8.35. The average Bonchev–Trinajstić information content (AvgIpc) is 2.69. The van der Waals surface area contributed by atoms with Crippen molar-refractivity contribution in [3.8, 4) is 6.07 Å². The number of benzene rings is 1. The molecule has 0 fully saturated rings. The molecule has 1 aromatic heterocycles. The van der Waals surface area contributed by atoms with E-state index < -0.39 is 0 Å². The van der Waals surface area contributed by atoms with E-state index in [1.54, 1.807) is 12.4 Å². The van der Waals surface area contributed by atoms with Gasteiger partial charge in [0, 0.05) is 6.54 Å². The average molecular weight is 200 g/mol. The van der Waals surface area contributed by atoms with Crippen molar-refractivity contribution in [3.05, 3.63) is 30.1 Å². The van der Waals surface area contributed by atoms with Gasteiger partial charge in [0.1, 0.15) is 11.6 Å². The van der Waals surface area contributed by atoms with E-state index in [4.69, 9.17) is 11.0 Å². The van der Waals surface area contributed by atoms with Crippen molar-refractivity contribution in [2.24, 2.45) is 5.73 Å². The summed E-state index contributed by atoms with van der Waals surface area (Å²) in [6.07, 6.45) is 2.68. The minimum atomic E-state index is 0.624. The number of fused-ring (bicyclic) bond motifs is 1. The Morgan fingerprint density at radius 3 is 3.07 bits per heavy atom. The van der Waals surface area contributed by atoms with Gasteiger partial charge >= 0.3 is 0 Å². The maximum absolute atomic E-state index is 8.90. The van der Waals surface area contributed by atoms with Crippen LogP contribution < -0.4 is 5.73 Å². The molecule has 4 heteroatoms. The van der Waals surface area contributed by atoms with Crippen LogP contribution in [-0.4, -0.2) is 16.1 Å². The molecular formula is C11H12N4. The second kappa shape index (κ2) is 4.11. The van der Waals surface area contributed by atoms with E-state index in [2.05, 4.69) is 11.1 Å². The first-order valence-electron chi connectivity index (χ1n) is 4.91. The molecule has 0 saturated carbocycles. The molecule has 0 spiro atoms. The highest BCUT2D eigenvalue weighted by Gasteiger charge is 2.05. The van der Waals surface area contributed by atoms with E-state index in [1.165, 1.54) is 0 Å². The number of para-hydroxylation sites is 1. The highest BCUT2D eigenvalue weighted by atomic mass is 15.0. The molecule has 2 N–H and O–H groups in total. The molecule has 2 aromatic rings. The fraction of sp³-hybridized carbons (Fsp3) is 0.273. The lowest BCUT2D eigenvalue weighted by Crippen LogP contribution is -2.04. The van der Waals surface area contributed by atoms with Crippen LogP contribution in [0.15, 0.2) is 24.5 Å². The minimum absolute atomic E-state index is 0.624. The van der Waals surface area contributed by atoms with Gasteiger partial charge in [-0.1, -0.05) is 6.07 Å². The smallest absolute Gasteiger partial charge is 0.106 e. The Morgan fingerprint density at radius 1 is 1.47 bits per heavy atom. The van der Waals surface area contributed by atoms with Crippen molar-refractivity contribution in [2.75, 3.05) is 6.54 Å². The maximum Gasteiger partial charge on any atom is 0.106 e. The number of nitrogens with zero attached hydrogens (tertiary/aromatic N) is 3. The van der Waals surface area contributed by atoms with Gasteiger partial charge in [-0.05, 0) is 25.1 Å². The van der Waals surface area contributed by atoms with Gasteiger partial charge in [-0.3, -0.25) is 0 Å². The zero-order valence-electron chi connectivity index (χ0n) is 8.35. The fourth-order valence-corrected chi connectivity index (χ4v) is 1.62. The summed E-state index contributed by atoms with van der Waals surface area (Å²) in [6.45, 7) is 1.51. The van der Waals surface area contributed by atoms with Crippen LogP contribution in [0.5, 0.6) is 0 Å². The predicted molar refractivity (Wildman–Crippen MR) is 58.1 cm³/mol. The quantitative estimate of drug-likeness (QED) is 0.810. The van der Waals surface area contributed by atoms with Crippen LogP contribution in [0.4, 0.5) is 0 Å². The van der Waals surface area contributed by atoms with Crippen LogP contribution in [0.1, 0.15) is 12.0 Å². The van der Waals surface area contributed by atoms with Gasteiger partial charge in [0.25, 0.3) is 0 Å². The predicted octanol–water partition coefficient (Wildman–Crippen LogP) is 1.26. The van der Waals surface area contributed by atoms with Gasteiger partial charge in [-0.25, -0.2) is 4.98 Å². The molecule has 1 heterocycles. The van der Waals surface area contributed by atoms with E-state index in [9.17, 15) is 0 Å². The van der Waals surface area contributed by atoms with Gasteiger partial charge < -0.3 is 10.3 Å². The third-order valence-electron chi connectivity index (χ3n) is 2.37. The number of nitriles is 1. The van der Waals surface area contributed by atoms with Gasteiger partial charge in [0.15, 0.2) is 0 Å². The lowest BCUT2D eigenvalue weighted by molar-refractivity contribution is 0.666. The van der Waals surface area contributed by atoms with Crippen LogP contribution in [-0.2, 0) is 6.54 Å². The third kappa shape index (κ3) is 1.69. The SMILES string of the molecule is N#Cc1cccc2c1ncn2CCCN. The second-order valence-electron chi connectivity index (χ2n) is 3.37. The van der Waals surface area contributed by atoms with Gasteiger partial charge in [0.2, 0.25) is 0 Å². The van der Waals surface area contributed by atoms with Crippen molar-refractivity contribution in [2.45, 2.75) is 13.0 Å². The topological polar surface area (TPSA) is 67.6 Å². The van der Waals surface area contributed by atoms with Crippen LogP contribution in [0.25, 0.3) is 11.0 Å². The zero-order chi connectivity index (χ0) is 10.7. The summed E-state index contributed by atoms with van der Waals surface area (Å²) in [7, 11) is 0. The van der Waals surface area contributed by atoms with Crippen molar-refractivity contribution < 1.29 is 0 Å². The molecule has 0 amide bonds. The van der Waals surface area contributed by atoms with Crippen LogP contribution in [0, 0.1) is 11.3 Å². The molecule has 1 aromatic carbocycles. The Bertz CT molecular complexity index is 507. The summed E-state index contributed by atoms with van der Waals surface area (Å²) in [4.78, 5) is 4.24. The number of hydrogen-bond donors (Lipinski definition) is 1. The van der Waals surface area contributed by atoms with Crippen molar-refractivity contribution >= 4 is 11.0 Å². The molecule has 0 atom stereocenters. The van der Waals surface area contributed by atoms with E-state index in [-0.39, 0.29) is 0 Å². The number of aromatic nitrogens is 2. The van der Waals surface area contributed by atoms with E-state index in [0.717, 1.165) is 24.0 Å². The molecule has 76 valence electrons. The first kappa shape index (κ1) is 9.69. The van der Waals surface area contributed by atoms with Gasteiger partial charge in [-0.2, -0.15) is 5.26 Å². The molecular weight excluding hydrogens is 188 g/mol. The molecule has 0 bridgehead atoms. The molecule has 0 saturated heterocycles. The fourth-order valence-electron chi connectivity index (χ4n) is 1.62. The number of aryl methyl sites for hydroxylation is 1. The maximum atomic E-state index is 8.90. The van der Waals surface area contributed by atoms with Crippen LogP contribution in [0.3, 0.4) is 0 Å². The first-order chi connectivity index (χ1) is 7.36. The summed E-state index contributed by atoms with van der Waals surface area (Å²) < 4.78 is 2.03. The summed E-state index contributed by atoms with van der Waals surface area (Å²) in [6, 6.07) is 7.77. The number of nitrogens with two attached hydrogens (primary N) is 1. The van der Waals surface area contributed by atoms with Gasteiger partial charge in [0.05, 0.1) is 17.4 Å². The lowest BCUT2D eigenvalue weighted by atomic mass is 10.2. The summed E-state index contributed by atoms with van der Waals surface area (Å²) in [5.41, 5.74) is 7.86. The highest BCUT2D eigenvalue weighted by molar-refractivity contribution is 5.81. The minimum Gasteiger partial charge on any atom is -0.331 e. The Morgan fingerprint density at radius 2 is 2.33 bits per heavy atom. The van der Waals surface area contributed by atoms with Crippen molar-refractivity contribution in [3.63, 3.8) is 0 Å². The van der Waals surface area contributed by atoms with Gasteiger partial charge in [-0.15, -0.1) is 0 Å². The number of hydrogen-bond acceptors (Lipinski definition) is 3. The Labute approximate surface area is 87.9 Å². The van der Waals surface area contributed by atoms with Crippen molar-refractivity contribution in [1.29, 1.82) is 5.26 Å². The highest BCUT2D eigenvalue weighted by Crippen LogP contribution is 2.16. The Balaban J connectivity index is 2.47. The molecule has 0 aliphatic heterocycles. The molecule has 4 nitrogen and oxygen atoms in total. The number of rotatable bonds is 3. The normalized spacial score (nSPS) is 10.4. The third-order valence-corrected chi connectivity index (χ3v) is 2.37. The van der Waals surface area contributed by atoms with E-state index >= 15 is 0 Å². The largest absolute Gasteiger partial charge is 0.331 e. The molecule has 0 radical (unpaired) electrons. The van der Waals surface area contributed by atoms with E-state index in [1.807, 2.05) is 16.7 Å². The number of imidazole rings is 1. The Kier molecular flexibility index (Phi) is 2.66. The second-order valence-corrected chi connectivity index (χ2v) is 3.37. The molecule has 0 aliphatic rings. The molecule has 0 unspecified atom stereocenters. The standard InChI is InChI=1S/C11H12N4/c12-5-2-6-15-8-14-11-9(7-13)3-1-4-10(11)15/h1,3-4,8H,2,5-6,12H2. The molecule has 2 rings (SSSR count). The van der Waals surface area contributed by atoms with Crippen molar-refractivity contribution in [1.82, 2.24) is 9.55 Å². The van der Waals surface area contributed by atoms with Crippen LogP contribution >= 0.6 is 0 Å². The van der Waals surface area contributed by atoms with Crippen LogP contribution in [0.2, 0.25) is 0 Å². The monoisotopic (exact) mass is 200 g/mol.